The van der Waals surface area contributed by atoms with Crippen LogP contribution in [0.3, 0.4) is 0 Å². The second kappa shape index (κ2) is 9.62. The quantitative estimate of drug-likeness (QED) is 0.423. The fraction of sp³-hybridized carbons (Fsp3) is 0.200. The first kappa shape index (κ1) is 23.4. The van der Waals surface area contributed by atoms with Gasteiger partial charge in [-0.05, 0) is 53.6 Å². The fourth-order valence-corrected chi connectivity index (χ4v) is 3.67. The average molecular weight is 474 g/mol. The van der Waals surface area contributed by atoms with Crippen molar-refractivity contribution in [2.75, 3.05) is 6.54 Å². The summed E-state index contributed by atoms with van der Waals surface area (Å²) < 4.78 is 66.4. The van der Waals surface area contributed by atoms with Crippen molar-refractivity contribution in [3.63, 3.8) is 0 Å². The minimum Gasteiger partial charge on any atom is -0.390 e. The van der Waals surface area contributed by atoms with Crippen LogP contribution in [0.4, 0.5) is 22.0 Å². The highest BCUT2D eigenvalue weighted by atomic mass is 19.4. The van der Waals surface area contributed by atoms with E-state index < -0.39 is 35.4 Å². The molecule has 1 amide bonds. The third-order valence-electron chi connectivity index (χ3n) is 5.32. The predicted octanol–water partition coefficient (Wildman–Crippen LogP) is 5.82. The van der Waals surface area contributed by atoms with Crippen molar-refractivity contribution in [3.05, 3.63) is 107 Å². The van der Waals surface area contributed by atoms with Gasteiger partial charge in [0, 0.05) is 18.5 Å². The fourth-order valence-electron chi connectivity index (χ4n) is 3.67. The number of carbonyl (C=O) groups excluding carboxylic acids is 1. The Hall–Kier alpha value is -3.75. The van der Waals surface area contributed by atoms with Crippen molar-refractivity contribution < 1.29 is 31.6 Å². The molecular weight excluding hydrogens is 455 g/mol. The number of carbonyl (C=O) groups is 1. The summed E-state index contributed by atoms with van der Waals surface area (Å²) in [7, 11) is 0. The first-order valence-corrected chi connectivity index (χ1v) is 10.4. The van der Waals surface area contributed by atoms with E-state index in [1.165, 1.54) is 47.4 Å². The lowest BCUT2D eigenvalue weighted by Gasteiger charge is -2.25. The van der Waals surface area contributed by atoms with Crippen LogP contribution in [0, 0.1) is 11.6 Å². The molecule has 0 bridgehead atoms. The highest BCUT2D eigenvalue weighted by Gasteiger charge is 2.31. The van der Waals surface area contributed by atoms with Gasteiger partial charge in [-0.2, -0.15) is 13.2 Å². The summed E-state index contributed by atoms with van der Waals surface area (Å²) >= 11 is 0. The Kier molecular flexibility index (Phi) is 6.63. The molecule has 0 aliphatic carbocycles. The third kappa shape index (κ3) is 5.59. The van der Waals surface area contributed by atoms with Crippen molar-refractivity contribution in [1.82, 2.24) is 4.90 Å². The molecule has 9 heteroatoms. The molecule has 0 spiro atoms. The second-order valence-electron chi connectivity index (χ2n) is 7.87. The third-order valence-corrected chi connectivity index (χ3v) is 5.32. The molecule has 1 aliphatic rings. The lowest BCUT2D eigenvalue weighted by Crippen LogP contribution is -2.37. The summed E-state index contributed by atoms with van der Waals surface area (Å²) in [5.74, 6) is -1.56. The summed E-state index contributed by atoms with van der Waals surface area (Å²) in [6, 6.07) is 15.4. The minimum absolute atomic E-state index is 0.000211. The van der Waals surface area contributed by atoms with Gasteiger partial charge in [0.1, 0.15) is 11.6 Å². The van der Waals surface area contributed by atoms with Crippen LogP contribution in [0.25, 0.3) is 0 Å². The number of rotatable bonds is 6. The smallest absolute Gasteiger partial charge is 0.390 e. The summed E-state index contributed by atoms with van der Waals surface area (Å²) in [4.78, 5) is 19.9. The molecule has 34 heavy (non-hydrogen) atoms. The Morgan fingerprint density at radius 3 is 2.41 bits per heavy atom. The van der Waals surface area contributed by atoms with E-state index in [0.29, 0.717) is 17.7 Å². The zero-order valence-electron chi connectivity index (χ0n) is 17.7. The molecule has 0 aromatic heterocycles. The van der Waals surface area contributed by atoms with Crippen molar-refractivity contribution in [2.45, 2.75) is 25.2 Å². The molecule has 0 saturated carbocycles. The maximum absolute atomic E-state index is 13.7. The van der Waals surface area contributed by atoms with E-state index >= 15 is 0 Å². The first-order valence-electron chi connectivity index (χ1n) is 10.4. The van der Waals surface area contributed by atoms with Gasteiger partial charge in [-0.25, -0.2) is 8.78 Å². The number of oxime groups is 1. The number of hydrogen-bond donors (Lipinski definition) is 0. The number of alkyl halides is 3. The van der Waals surface area contributed by atoms with E-state index in [1.807, 2.05) is 0 Å². The number of halogens is 5. The molecule has 4 nitrogen and oxygen atoms in total. The maximum atomic E-state index is 13.7. The Balaban J connectivity index is 1.55. The molecule has 3 aromatic carbocycles. The van der Waals surface area contributed by atoms with Crippen molar-refractivity contribution >= 4 is 11.6 Å². The molecule has 0 saturated heterocycles. The van der Waals surface area contributed by atoms with Gasteiger partial charge in [-0.15, -0.1) is 0 Å². The summed E-state index contributed by atoms with van der Waals surface area (Å²) in [5, 5.41) is 4.02. The van der Waals surface area contributed by atoms with Gasteiger partial charge in [0.05, 0.1) is 17.8 Å². The zero-order chi connectivity index (χ0) is 24.3. The van der Waals surface area contributed by atoms with E-state index in [1.54, 1.807) is 12.1 Å². The van der Waals surface area contributed by atoms with Crippen LogP contribution in [-0.4, -0.2) is 29.2 Å². The Morgan fingerprint density at radius 2 is 1.71 bits per heavy atom. The molecule has 0 radical (unpaired) electrons. The first-order chi connectivity index (χ1) is 16.2. The molecule has 0 fully saturated rings. The summed E-state index contributed by atoms with van der Waals surface area (Å²) in [6.07, 6.45) is -4.80. The van der Waals surface area contributed by atoms with Crippen LogP contribution in [0.2, 0.25) is 0 Å². The summed E-state index contributed by atoms with van der Waals surface area (Å²) in [6.45, 7) is -0.148. The highest BCUT2D eigenvalue weighted by molar-refractivity contribution is 6.01. The monoisotopic (exact) mass is 474 g/mol. The van der Waals surface area contributed by atoms with Gasteiger partial charge in [0.25, 0.3) is 5.91 Å². The van der Waals surface area contributed by atoms with Gasteiger partial charge >= 0.3 is 6.18 Å². The Morgan fingerprint density at radius 1 is 0.971 bits per heavy atom. The summed E-state index contributed by atoms with van der Waals surface area (Å²) in [5.41, 5.74) is 0.705. The molecule has 0 N–H and O–H groups in total. The van der Waals surface area contributed by atoms with Gasteiger partial charge in [0.2, 0.25) is 0 Å². The van der Waals surface area contributed by atoms with Gasteiger partial charge in [-0.3, -0.25) is 4.79 Å². The van der Waals surface area contributed by atoms with E-state index in [2.05, 4.69) is 5.16 Å². The molecule has 4 rings (SSSR count). The zero-order valence-corrected chi connectivity index (χ0v) is 17.7. The Bertz CT molecular complexity index is 1210. The predicted molar refractivity (Wildman–Crippen MR) is 115 cm³/mol. The maximum Gasteiger partial charge on any atom is 0.416 e. The van der Waals surface area contributed by atoms with E-state index in [9.17, 15) is 26.7 Å². The van der Waals surface area contributed by atoms with Crippen LogP contribution in [0.5, 0.6) is 0 Å². The molecule has 176 valence electrons. The van der Waals surface area contributed by atoms with Crippen LogP contribution >= 0.6 is 0 Å². The normalized spacial score (nSPS) is 15.6. The van der Waals surface area contributed by atoms with Crippen LogP contribution < -0.4 is 0 Å². The van der Waals surface area contributed by atoms with E-state index in [-0.39, 0.29) is 24.2 Å². The lowest BCUT2D eigenvalue weighted by molar-refractivity contribution is -0.137. The van der Waals surface area contributed by atoms with Crippen molar-refractivity contribution in [1.29, 1.82) is 0 Å². The molecule has 1 heterocycles. The SMILES string of the molecule is O=C(c1cccc(F)c1)N(Cc1cccc(C(F)(F)F)c1)C[C@H]1CC(c2ccc(F)cc2)=NO1. The van der Waals surface area contributed by atoms with Gasteiger partial charge in [-0.1, -0.05) is 35.5 Å². The van der Waals surface area contributed by atoms with Crippen LogP contribution in [0.1, 0.15) is 33.5 Å². The number of hydrogen-bond acceptors (Lipinski definition) is 3. The number of nitrogens with zero attached hydrogens (tertiary/aromatic N) is 2. The molecule has 1 aliphatic heterocycles. The molecular formula is C25H19F5N2O2. The average Bonchev–Trinajstić information content (AvgIpc) is 3.27. The largest absolute Gasteiger partial charge is 0.416 e. The number of amides is 1. The lowest BCUT2D eigenvalue weighted by atomic mass is 10.0. The number of benzene rings is 3. The van der Waals surface area contributed by atoms with E-state index in [4.69, 9.17) is 4.84 Å². The Labute approximate surface area is 192 Å². The van der Waals surface area contributed by atoms with E-state index in [0.717, 1.165) is 18.2 Å². The molecule has 0 unspecified atom stereocenters. The van der Waals surface area contributed by atoms with Crippen molar-refractivity contribution in [3.8, 4) is 0 Å². The second-order valence-corrected chi connectivity index (χ2v) is 7.87. The van der Waals surface area contributed by atoms with Crippen LogP contribution in [-0.2, 0) is 17.6 Å². The van der Waals surface area contributed by atoms with Gasteiger partial charge < -0.3 is 9.74 Å². The van der Waals surface area contributed by atoms with Gasteiger partial charge in [0.15, 0.2) is 6.10 Å². The highest BCUT2D eigenvalue weighted by Crippen LogP contribution is 2.30. The molecule has 1 atom stereocenters. The topological polar surface area (TPSA) is 41.9 Å². The van der Waals surface area contributed by atoms with Crippen molar-refractivity contribution in [2.24, 2.45) is 5.16 Å². The molecule has 3 aromatic rings. The minimum atomic E-state index is -4.53. The standard InChI is InChI=1S/C25H19F5N2O2/c26-20-9-7-17(8-10-20)23-13-22(34-31-23)15-32(24(33)18-4-2-6-21(27)12-18)14-16-3-1-5-19(11-16)25(28,29)30/h1-12,22H,13-15H2/t22-/m1/s1. The van der Waals surface area contributed by atoms with Crippen LogP contribution in [0.15, 0.2) is 78.0 Å².